The second-order valence-corrected chi connectivity index (χ2v) is 6.32. The maximum atomic E-state index is 13.8. The van der Waals surface area contributed by atoms with Crippen molar-refractivity contribution < 1.29 is 14.0 Å². The molecule has 0 saturated heterocycles. The maximum Gasteiger partial charge on any atom is 0.326 e. The van der Waals surface area contributed by atoms with E-state index in [1.807, 2.05) is 30.3 Å². The number of hydrogen-bond acceptors (Lipinski definition) is 2. The highest BCUT2D eigenvalue weighted by atomic mass is 19.1. The van der Waals surface area contributed by atoms with Gasteiger partial charge in [0, 0.05) is 24.7 Å². The molecule has 1 fully saturated rings. The molecular weight excluding hydrogens is 333 g/mol. The molecule has 2 aromatic rings. The summed E-state index contributed by atoms with van der Waals surface area (Å²) >= 11 is 0. The van der Waals surface area contributed by atoms with Gasteiger partial charge in [-0.2, -0.15) is 0 Å². The molecule has 26 heavy (non-hydrogen) atoms. The first-order valence-electron chi connectivity index (χ1n) is 8.81. The molecule has 1 aliphatic carbocycles. The Kier molecular flexibility index (Phi) is 5.84. The molecule has 0 bridgehead atoms. The largest absolute Gasteiger partial charge is 0.356 e. The third-order valence-electron chi connectivity index (χ3n) is 4.23. The predicted octanol–water partition coefficient (Wildman–Crippen LogP) is 3.78. The van der Waals surface area contributed by atoms with E-state index in [2.05, 4.69) is 10.6 Å². The summed E-state index contributed by atoms with van der Waals surface area (Å²) in [6.07, 6.45) is 2.54. The zero-order chi connectivity index (χ0) is 18.4. The summed E-state index contributed by atoms with van der Waals surface area (Å²) in [4.78, 5) is 25.9. The summed E-state index contributed by atoms with van der Waals surface area (Å²) in [5, 5.41) is 5.50. The fraction of sp³-hybridized carbons (Fsp3) is 0.300. The second kappa shape index (κ2) is 8.47. The lowest BCUT2D eigenvalue weighted by molar-refractivity contribution is -0.122. The number of hydrogen-bond donors (Lipinski definition) is 2. The van der Waals surface area contributed by atoms with Crippen molar-refractivity contribution in [3.63, 3.8) is 0 Å². The van der Waals surface area contributed by atoms with E-state index in [4.69, 9.17) is 0 Å². The number of halogens is 1. The molecule has 0 heterocycles. The Labute approximate surface area is 152 Å². The van der Waals surface area contributed by atoms with Crippen LogP contribution in [-0.4, -0.2) is 25.0 Å². The number of anilines is 2. The molecule has 2 aromatic carbocycles. The van der Waals surface area contributed by atoms with Gasteiger partial charge in [0.2, 0.25) is 5.91 Å². The number of nitrogens with one attached hydrogen (secondary N) is 2. The fourth-order valence-corrected chi connectivity index (χ4v) is 2.64. The highest BCUT2D eigenvalue weighted by Gasteiger charge is 2.29. The third-order valence-corrected chi connectivity index (χ3v) is 4.23. The molecule has 3 amide bonds. The summed E-state index contributed by atoms with van der Waals surface area (Å²) < 4.78 is 13.8. The van der Waals surface area contributed by atoms with Crippen LogP contribution < -0.4 is 15.5 Å². The molecule has 5 nitrogen and oxygen atoms in total. The molecule has 6 heteroatoms. The minimum absolute atomic E-state index is 0.0899. The molecule has 2 N–H and O–H groups in total. The van der Waals surface area contributed by atoms with Crippen molar-refractivity contribution in [3.8, 4) is 0 Å². The maximum absolute atomic E-state index is 13.8. The van der Waals surface area contributed by atoms with E-state index < -0.39 is 11.8 Å². The van der Waals surface area contributed by atoms with Crippen molar-refractivity contribution in [2.75, 3.05) is 23.3 Å². The smallest absolute Gasteiger partial charge is 0.326 e. The molecule has 136 valence electrons. The standard InChI is InChI=1S/C20H22FN3O2/c21-17-9-4-5-10-18(17)23-20(26)24(16-7-2-1-3-8-16)14-6-13-22-19(25)15-11-12-15/h1-5,7-10,15H,6,11-14H2,(H,22,25)(H,23,26). The number of carbonyl (C=O) groups excluding carboxylic acids is 2. The molecular formula is C20H22FN3O2. The van der Waals surface area contributed by atoms with Crippen LogP contribution in [0.2, 0.25) is 0 Å². The van der Waals surface area contributed by atoms with Crippen molar-refractivity contribution in [2.24, 2.45) is 5.92 Å². The highest BCUT2D eigenvalue weighted by molar-refractivity contribution is 6.01. The molecule has 0 aromatic heterocycles. The van der Waals surface area contributed by atoms with Crippen LogP contribution in [0.1, 0.15) is 19.3 Å². The van der Waals surface area contributed by atoms with Crippen molar-refractivity contribution in [2.45, 2.75) is 19.3 Å². The van der Waals surface area contributed by atoms with Crippen molar-refractivity contribution in [1.29, 1.82) is 0 Å². The van der Waals surface area contributed by atoms with Gasteiger partial charge in [-0.05, 0) is 43.5 Å². The molecule has 0 radical (unpaired) electrons. The number of nitrogens with zero attached hydrogens (tertiary/aromatic N) is 1. The number of amides is 3. The van der Waals surface area contributed by atoms with Crippen molar-refractivity contribution in [3.05, 3.63) is 60.4 Å². The predicted molar refractivity (Wildman–Crippen MR) is 99.6 cm³/mol. The van der Waals surface area contributed by atoms with Gasteiger partial charge in [-0.1, -0.05) is 30.3 Å². The van der Waals surface area contributed by atoms with Gasteiger partial charge in [-0.15, -0.1) is 0 Å². The van der Waals surface area contributed by atoms with Gasteiger partial charge in [0.25, 0.3) is 0 Å². The van der Waals surface area contributed by atoms with E-state index in [1.165, 1.54) is 12.1 Å². The summed E-state index contributed by atoms with van der Waals surface area (Å²) in [6.45, 7) is 0.918. The van der Waals surface area contributed by atoms with Crippen molar-refractivity contribution >= 4 is 23.3 Å². The SMILES string of the molecule is O=C(NCCCN(C(=O)Nc1ccccc1F)c1ccccc1)C1CC1. The lowest BCUT2D eigenvalue weighted by Gasteiger charge is -2.23. The highest BCUT2D eigenvalue weighted by Crippen LogP contribution is 2.28. The van der Waals surface area contributed by atoms with Crippen molar-refractivity contribution in [1.82, 2.24) is 5.32 Å². The summed E-state index contributed by atoms with van der Waals surface area (Å²) in [5.74, 6) is -0.220. The Hall–Kier alpha value is -2.89. The van der Waals surface area contributed by atoms with Crippen LogP contribution in [0.15, 0.2) is 54.6 Å². The van der Waals surface area contributed by atoms with Crippen LogP contribution >= 0.6 is 0 Å². The summed E-state index contributed by atoms with van der Waals surface area (Å²) in [5.41, 5.74) is 0.857. The van der Waals surface area contributed by atoms with Crippen LogP contribution in [-0.2, 0) is 4.79 Å². The van der Waals surface area contributed by atoms with Crippen LogP contribution in [0.5, 0.6) is 0 Å². The fourth-order valence-electron chi connectivity index (χ4n) is 2.64. The minimum atomic E-state index is -0.481. The average Bonchev–Trinajstić information content (AvgIpc) is 3.49. The summed E-state index contributed by atoms with van der Waals surface area (Å²) in [7, 11) is 0. The third kappa shape index (κ3) is 4.81. The van der Waals surface area contributed by atoms with E-state index >= 15 is 0 Å². The van der Waals surface area contributed by atoms with E-state index in [-0.39, 0.29) is 17.5 Å². The first-order valence-corrected chi connectivity index (χ1v) is 8.81. The van der Waals surface area contributed by atoms with Crippen LogP contribution in [0.4, 0.5) is 20.6 Å². The Balaban J connectivity index is 1.62. The number of carbonyl (C=O) groups is 2. The van der Waals surface area contributed by atoms with Gasteiger partial charge >= 0.3 is 6.03 Å². The number of rotatable bonds is 7. The Bertz CT molecular complexity index is 763. The van der Waals surface area contributed by atoms with Gasteiger partial charge in [0.1, 0.15) is 5.82 Å². The van der Waals surface area contributed by atoms with E-state index in [0.717, 1.165) is 18.5 Å². The van der Waals surface area contributed by atoms with E-state index in [9.17, 15) is 14.0 Å². The molecule has 0 aliphatic heterocycles. The molecule has 3 rings (SSSR count). The van der Waals surface area contributed by atoms with E-state index in [0.29, 0.717) is 19.5 Å². The Morgan fingerprint density at radius 1 is 1.04 bits per heavy atom. The van der Waals surface area contributed by atoms with Gasteiger partial charge in [0.05, 0.1) is 5.69 Å². The number of benzene rings is 2. The zero-order valence-electron chi connectivity index (χ0n) is 14.5. The van der Waals surface area contributed by atoms with Gasteiger partial charge in [0.15, 0.2) is 0 Å². The first-order chi connectivity index (χ1) is 12.6. The summed E-state index contributed by atoms with van der Waals surface area (Å²) in [6, 6.07) is 14.8. The van der Waals surface area contributed by atoms with E-state index in [1.54, 1.807) is 17.0 Å². The van der Waals surface area contributed by atoms with Gasteiger partial charge in [-0.25, -0.2) is 9.18 Å². The molecule has 0 unspecified atom stereocenters. The quantitative estimate of drug-likeness (QED) is 0.743. The van der Waals surface area contributed by atoms with Crippen LogP contribution in [0.25, 0.3) is 0 Å². The average molecular weight is 355 g/mol. The lowest BCUT2D eigenvalue weighted by Crippen LogP contribution is -2.37. The number of urea groups is 1. The van der Waals surface area contributed by atoms with Gasteiger partial charge < -0.3 is 10.6 Å². The van der Waals surface area contributed by atoms with Crippen LogP contribution in [0.3, 0.4) is 0 Å². The minimum Gasteiger partial charge on any atom is -0.356 e. The zero-order valence-corrected chi connectivity index (χ0v) is 14.5. The monoisotopic (exact) mass is 355 g/mol. The Morgan fingerprint density at radius 2 is 1.73 bits per heavy atom. The number of para-hydroxylation sites is 2. The second-order valence-electron chi connectivity index (χ2n) is 6.32. The Morgan fingerprint density at radius 3 is 2.42 bits per heavy atom. The lowest BCUT2D eigenvalue weighted by atomic mass is 10.2. The first kappa shape index (κ1) is 17.9. The normalized spacial score (nSPS) is 13.1. The molecule has 0 atom stereocenters. The topological polar surface area (TPSA) is 61.4 Å². The molecule has 0 spiro atoms. The molecule has 1 saturated carbocycles. The molecule has 1 aliphatic rings. The van der Waals surface area contributed by atoms with Crippen LogP contribution in [0, 0.1) is 11.7 Å². The van der Waals surface area contributed by atoms with Gasteiger partial charge in [-0.3, -0.25) is 9.69 Å².